The Balaban J connectivity index is 1.35. The Hall–Kier alpha value is -6.73. The molecule has 59 heavy (non-hydrogen) atoms. The van der Waals surface area contributed by atoms with Gasteiger partial charge in [0.2, 0.25) is 11.8 Å². The maximum atomic E-state index is 13.7. The molecule has 0 heterocycles. The minimum atomic E-state index is -1.48. The largest absolute Gasteiger partial charge is 0.489 e. The zero-order valence-electron chi connectivity index (χ0n) is 32.8. The Morgan fingerprint density at radius 3 is 1.69 bits per heavy atom. The van der Waals surface area contributed by atoms with Crippen molar-refractivity contribution in [3.8, 4) is 5.75 Å². The molecular formula is C46H51N3O10. The van der Waals surface area contributed by atoms with Gasteiger partial charge in [0.1, 0.15) is 38.2 Å². The second kappa shape index (κ2) is 24.8. The number of aliphatic hydroxyl groups is 1. The van der Waals surface area contributed by atoms with Crippen LogP contribution in [-0.4, -0.2) is 66.3 Å². The van der Waals surface area contributed by atoms with Crippen LogP contribution in [-0.2, 0) is 59.6 Å². The van der Waals surface area contributed by atoms with E-state index in [1.54, 1.807) is 54.6 Å². The third kappa shape index (κ3) is 16.3. The molecule has 4 rings (SSSR count). The maximum Gasteiger partial charge on any atom is 0.408 e. The van der Waals surface area contributed by atoms with Crippen molar-refractivity contribution >= 4 is 29.8 Å². The fourth-order valence-electron chi connectivity index (χ4n) is 5.74. The highest BCUT2D eigenvalue weighted by atomic mass is 16.6. The molecule has 0 aliphatic rings. The van der Waals surface area contributed by atoms with Crippen molar-refractivity contribution in [2.45, 2.75) is 63.6 Å². The van der Waals surface area contributed by atoms with Crippen molar-refractivity contribution in [2.75, 3.05) is 13.2 Å². The molecule has 0 unspecified atom stereocenters. The number of benzene rings is 4. The van der Waals surface area contributed by atoms with Crippen LogP contribution in [0.5, 0.6) is 5.75 Å². The molecule has 13 heteroatoms. The van der Waals surface area contributed by atoms with Crippen LogP contribution in [0.1, 0.15) is 41.5 Å². The van der Waals surface area contributed by atoms with Gasteiger partial charge in [-0.2, -0.15) is 0 Å². The number of hydrogen-bond acceptors (Lipinski definition) is 10. The first-order valence-corrected chi connectivity index (χ1v) is 19.2. The Morgan fingerprint density at radius 2 is 1.14 bits per heavy atom. The van der Waals surface area contributed by atoms with Crippen LogP contribution in [0.4, 0.5) is 4.79 Å². The summed E-state index contributed by atoms with van der Waals surface area (Å²) < 4.78 is 22.0. The highest BCUT2D eigenvalue weighted by Gasteiger charge is 2.31. The zero-order valence-corrected chi connectivity index (χ0v) is 32.8. The minimum Gasteiger partial charge on any atom is -0.489 e. The van der Waals surface area contributed by atoms with E-state index >= 15 is 0 Å². The first-order valence-electron chi connectivity index (χ1n) is 19.2. The number of carbonyl (C=O) groups is 5. The number of nitrogens with one attached hydrogen (secondary N) is 3. The average Bonchev–Trinajstić information content (AvgIpc) is 3.26. The van der Waals surface area contributed by atoms with Crippen LogP contribution >= 0.6 is 0 Å². The second-order valence-corrected chi connectivity index (χ2v) is 13.6. The van der Waals surface area contributed by atoms with Crippen molar-refractivity contribution in [3.63, 3.8) is 0 Å². The lowest BCUT2D eigenvalue weighted by Crippen LogP contribution is -2.49. The number of hydrogen-bond donors (Lipinski definition) is 4. The van der Waals surface area contributed by atoms with Crippen LogP contribution in [0.2, 0.25) is 0 Å². The molecule has 0 aliphatic carbocycles. The van der Waals surface area contributed by atoms with E-state index in [2.05, 4.69) is 29.1 Å². The Morgan fingerprint density at radius 1 is 0.593 bits per heavy atom. The molecule has 0 aromatic heterocycles. The standard InChI is InChI=1S/C46H51N3O10/c1-3-14-37(27-42(51)47-38(28-50)26-33-22-24-39(25-23-33)56-29-34-16-8-5-9-17-34)43(52)48-41(45(54)57-30-35-18-10-6-11-19-35)32-58-44(53)40(15-4-2)49-46(55)59-31-36-20-12-7-13-21-36/h3-13,16-25,37-38,40-41,50H,1-2,14-15,26-32H2,(H,47,51)(H,48,52)(H,49,55)/t37-,38+,40-,41-/m1/s1. The van der Waals surface area contributed by atoms with E-state index in [0.29, 0.717) is 24.3 Å². The molecule has 0 radical (unpaired) electrons. The normalized spacial score (nSPS) is 12.6. The Bertz CT molecular complexity index is 1940. The third-order valence-corrected chi connectivity index (χ3v) is 8.90. The number of aliphatic hydroxyl groups excluding tert-OH is 1. The predicted molar refractivity (Wildman–Crippen MR) is 220 cm³/mol. The number of allylic oxidation sites excluding steroid dienone is 1. The average molecular weight is 806 g/mol. The van der Waals surface area contributed by atoms with Crippen LogP contribution in [0.3, 0.4) is 0 Å². The number of alkyl carbamates (subject to hydrolysis) is 1. The van der Waals surface area contributed by atoms with Crippen LogP contribution in [0.25, 0.3) is 0 Å². The van der Waals surface area contributed by atoms with Gasteiger partial charge < -0.3 is 40.0 Å². The van der Waals surface area contributed by atoms with Crippen molar-refractivity contribution in [1.82, 2.24) is 16.0 Å². The number of carbonyl (C=O) groups excluding carboxylic acids is 5. The number of esters is 2. The highest BCUT2D eigenvalue weighted by Crippen LogP contribution is 2.17. The highest BCUT2D eigenvalue weighted by molar-refractivity contribution is 5.89. The molecule has 0 fully saturated rings. The molecule has 4 aromatic rings. The van der Waals surface area contributed by atoms with Gasteiger partial charge >= 0.3 is 18.0 Å². The predicted octanol–water partition coefficient (Wildman–Crippen LogP) is 5.51. The van der Waals surface area contributed by atoms with Gasteiger partial charge in [0.25, 0.3) is 0 Å². The maximum absolute atomic E-state index is 13.7. The van der Waals surface area contributed by atoms with Gasteiger partial charge in [-0.25, -0.2) is 14.4 Å². The number of amides is 3. The summed E-state index contributed by atoms with van der Waals surface area (Å²) >= 11 is 0. The quantitative estimate of drug-likeness (QED) is 0.0401. The molecular weight excluding hydrogens is 755 g/mol. The van der Waals surface area contributed by atoms with Crippen molar-refractivity contribution < 1.29 is 48.0 Å². The first-order chi connectivity index (χ1) is 28.7. The molecule has 0 bridgehead atoms. The molecule has 0 spiro atoms. The Labute approximate surface area is 344 Å². The molecule has 0 saturated heterocycles. The molecule has 4 atom stereocenters. The van der Waals surface area contributed by atoms with Gasteiger partial charge in [0.15, 0.2) is 6.04 Å². The van der Waals surface area contributed by atoms with Crippen molar-refractivity contribution in [1.29, 1.82) is 0 Å². The van der Waals surface area contributed by atoms with E-state index in [9.17, 15) is 29.1 Å². The molecule has 0 aliphatic heterocycles. The van der Waals surface area contributed by atoms with Gasteiger partial charge in [-0.1, -0.05) is 115 Å². The summed E-state index contributed by atoms with van der Waals surface area (Å²) in [7, 11) is 0. The van der Waals surface area contributed by atoms with Gasteiger partial charge in [-0.05, 0) is 53.6 Å². The summed E-state index contributed by atoms with van der Waals surface area (Å²) in [4.78, 5) is 66.0. The van der Waals surface area contributed by atoms with E-state index < -0.39 is 60.5 Å². The molecule has 13 nitrogen and oxygen atoms in total. The lowest BCUT2D eigenvalue weighted by atomic mass is 9.98. The summed E-state index contributed by atoms with van der Waals surface area (Å²) in [5.74, 6) is -3.34. The molecule has 0 saturated carbocycles. The Kier molecular flexibility index (Phi) is 18.9. The summed E-state index contributed by atoms with van der Waals surface area (Å²) in [6.07, 6.45) is 2.05. The van der Waals surface area contributed by atoms with Crippen LogP contribution in [0.15, 0.2) is 141 Å². The minimum absolute atomic E-state index is 0.0193. The van der Waals surface area contributed by atoms with Gasteiger partial charge in [0, 0.05) is 6.42 Å². The summed E-state index contributed by atoms with van der Waals surface area (Å²) in [6, 6.07) is 31.5. The number of ether oxygens (including phenoxy) is 4. The lowest BCUT2D eigenvalue weighted by Gasteiger charge is -2.23. The second-order valence-electron chi connectivity index (χ2n) is 13.6. The van der Waals surface area contributed by atoms with E-state index in [4.69, 9.17) is 18.9 Å². The SMILES string of the molecule is C=CC[C@H](CC(=O)N[C@H](CO)Cc1ccc(OCc2ccccc2)cc1)C(=O)N[C@H](COC(=O)[C@@H](CC=C)NC(=O)OCc1ccccc1)C(=O)OCc1ccccc1. The smallest absolute Gasteiger partial charge is 0.408 e. The third-order valence-electron chi connectivity index (χ3n) is 8.90. The van der Waals surface area contributed by atoms with Crippen LogP contribution < -0.4 is 20.7 Å². The fourth-order valence-corrected chi connectivity index (χ4v) is 5.74. The van der Waals surface area contributed by atoms with Crippen LogP contribution in [0, 0.1) is 5.92 Å². The number of rotatable bonds is 24. The fraction of sp³-hybridized carbons (Fsp3) is 0.283. The first kappa shape index (κ1) is 45.0. The molecule has 3 amide bonds. The van der Waals surface area contributed by atoms with Gasteiger partial charge in [-0.3, -0.25) is 9.59 Å². The summed E-state index contributed by atoms with van der Waals surface area (Å²) in [5, 5.41) is 17.9. The van der Waals surface area contributed by atoms with Crippen molar-refractivity contribution in [3.05, 3.63) is 163 Å². The summed E-state index contributed by atoms with van der Waals surface area (Å²) in [5.41, 5.74) is 3.30. The zero-order chi connectivity index (χ0) is 42.2. The van der Waals surface area contributed by atoms with Gasteiger partial charge in [0.05, 0.1) is 18.6 Å². The molecule has 310 valence electrons. The van der Waals surface area contributed by atoms with Crippen molar-refractivity contribution in [2.24, 2.45) is 5.92 Å². The lowest BCUT2D eigenvalue weighted by molar-refractivity contribution is -0.156. The van der Waals surface area contributed by atoms with E-state index in [0.717, 1.165) is 16.7 Å². The molecule has 4 aromatic carbocycles. The van der Waals surface area contributed by atoms with E-state index in [1.807, 2.05) is 60.7 Å². The molecule has 4 N–H and O–H groups in total. The summed E-state index contributed by atoms with van der Waals surface area (Å²) in [6.45, 7) is 6.59. The monoisotopic (exact) mass is 805 g/mol. The topological polar surface area (TPSA) is 179 Å². The van der Waals surface area contributed by atoms with Gasteiger partial charge in [-0.15, -0.1) is 13.2 Å². The van der Waals surface area contributed by atoms with E-state index in [1.165, 1.54) is 12.2 Å². The van der Waals surface area contributed by atoms with E-state index in [-0.39, 0.29) is 39.1 Å².